The number of aldehydes is 1. The third-order valence-corrected chi connectivity index (χ3v) is 6.38. The molecular formula is C25H28ClN3O2. The molecular weight excluding hydrogens is 410 g/mol. The van der Waals surface area contributed by atoms with E-state index in [1.165, 1.54) is 11.1 Å². The van der Waals surface area contributed by atoms with Gasteiger partial charge in [-0.2, -0.15) is 0 Å². The first-order valence-electron chi connectivity index (χ1n) is 10.9. The number of anilines is 1. The number of hydrogen-bond acceptors (Lipinski definition) is 5. The van der Waals surface area contributed by atoms with Crippen LogP contribution in [0.3, 0.4) is 0 Å². The molecule has 162 valence electrons. The van der Waals surface area contributed by atoms with Gasteiger partial charge in [0.25, 0.3) is 0 Å². The second-order valence-corrected chi connectivity index (χ2v) is 8.59. The zero-order chi connectivity index (χ0) is 21.6. The van der Waals surface area contributed by atoms with Gasteiger partial charge in [0.15, 0.2) is 6.29 Å². The van der Waals surface area contributed by atoms with Crippen molar-refractivity contribution >= 4 is 34.9 Å². The zero-order valence-corrected chi connectivity index (χ0v) is 18.4. The first kappa shape index (κ1) is 21.8. The monoisotopic (exact) mass is 437 g/mol. The van der Waals surface area contributed by atoms with Crippen molar-refractivity contribution in [1.29, 1.82) is 0 Å². The minimum absolute atomic E-state index is 0.403. The Kier molecular flexibility index (Phi) is 7.17. The van der Waals surface area contributed by atoms with Gasteiger partial charge in [-0.15, -0.1) is 0 Å². The van der Waals surface area contributed by atoms with Crippen LogP contribution in [0.4, 0.5) is 5.69 Å². The molecule has 0 fully saturated rings. The molecule has 5 nitrogen and oxygen atoms in total. The maximum atomic E-state index is 12.4. The molecule has 0 spiro atoms. The number of unbranched alkanes of at least 4 members (excludes halogenated alkanes) is 1. The van der Waals surface area contributed by atoms with Gasteiger partial charge in [0.2, 0.25) is 5.78 Å². The number of fused-ring (bicyclic) bond motifs is 1. The summed E-state index contributed by atoms with van der Waals surface area (Å²) in [5.41, 5.74) is 4.41. The highest BCUT2D eigenvalue weighted by Gasteiger charge is 2.32. The lowest BCUT2D eigenvalue weighted by Gasteiger charge is -2.36. The van der Waals surface area contributed by atoms with E-state index < -0.39 is 11.8 Å². The smallest absolute Gasteiger partial charge is 0.216 e. The van der Waals surface area contributed by atoms with Crippen molar-refractivity contribution < 1.29 is 9.59 Å². The van der Waals surface area contributed by atoms with Gasteiger partial charge in [-0.1, -0.05) is 54.1 Å². The molecule has 0 amide bonds. The highest BCUT2D eigenvalue weighted by Crippen LogP contribution is 2.34. The van der Waals surface area contributed by atoms with Gasteiger partial charge in [-0.25, -0.2) is 0 Å². The molecule has 0 saturated carbocycles. The van der Waals surface area contributed by atoms with E-state index in [1.807, 2.05) is 12.1 Å². The fourth-order valence-electron chi connectivity index (χ4n) is 4.48. The molecule has 6 heteroatoms. The molecule has 2 aromatic rings. The summed E-state index contributed by atoms with van der Waals surface area (Å²) < 4.78 is 0. The lowest BCUT2D eigenvalue weighted by atomic mass is 9.97. The van der Waals surface area contributed by atoms with Gasteiger partial charge in [-0.3, -0.25) is 19.4 Å². The topological polar surface area (TPSA) is 52.7 Å². The van der Waals surface area contributed by atoms with Gasteiger partial charge in [0.05, 0.1) is 6.67 Å². The average molecular weight is 438 g/mol. The van der Waals surface area contributed by atoms with Gasteiger partial charge < -0.3 is 5.32 Å². The second kappa shape index (κ2) is 10.2. The number of hydrogen-bond donors (Lipinski definition) is 1. The summed E-state index contributed by atoms with van der Waals surface area (Å²) in [6.45, 7) is 4.39. The van der Waals surface area contributed by atoms with Crippen LogP contribution in [-0.2, 0) is 9.59 Å². The number of nitrogens with zero attached hydrogens (tertiary/aromatic N) is 2. The van der Waals surface area contributed by atoms with Gasteiger partial charge in [0, 0.05) is 35.9 Å². The van der Waals surface area contributed by atoms with Crippen LogP contribution in [0.5, 0.6) is 0 Å². The maximum Gasteiger partial charge on any atom is 0.216 e. The molecule has 2 aliphatic rings. The summed E-state index contributed by atoms with van der Waals surface area (Å²) in [7, 11) is 0. The molecule has 2 aromatic carbocycles. The molecule has 0 radical (unpaired) electrons. The highest BCUT2D eigenvalue weighted by atomic mass is 35.5. The normalized spacial score (nSPS) is 19.3. The van der Waals surface area contributed by atoms with E-state index in [-0.39, 0.29) is 0 Å². The van der Waals surface area contributed by atoms with E-state index in [2.05, 4.69) is 51.5 Å². The summed E-state index contributed by atoms with van der Waals surface area (Å²) in [4.78, 5) is 28.2. The Labute approximate surface area is 188 Å². The Hall–Kier alpha value is -2.47. The number of nitrogens with one attached hydrogen (secondary N) is 1. The largest absolute Gasteiger partial charge is 0.372 e. The van der Waals surface area contributed by atoms with E-state index in [4.69, 9.17) is 11.6 Å². The minimum Gasteiger partial charge on any atom is -0.372 e. The van der Waals surface area contributed by atoms with Crippen molar-refractivity contribution in [1.82, 2.24) is 9.80 Å². The second-order valence-electron chi connectivity index (χ2n) is 8.15. The number of halogens is 1. The van der Waals surface area contributed by atoms with Crippen LogP contribution in [0.1, 0.15) is 36.4 Å². The van der Waals surface area contributed by atoms with Crippen molar-refractivity contribution in [3.05, 3.63) is 70.8 Å². The minimum atomic E-state index is -0.530. The van der Waals surface area contributed by atoms with Crippen LogP contribution in [0.25, 0.3) is 5.57 Å². The van der Waals surface area contributed by atoms with Gasteiger partial charge in [0.1, 0.15) is 6.04 Å². The molecule has 1 N–H and O–H groups in total. The molecule has 2 heterocycles. The maximum absolute atomic E-state index is 12.4. The third-order valence-electron chi connectivity index (χ3n) is 6.14. The van der Waals surface area contributed by atoms with E-state index in [0.717, 1.165) is 56.7 Å². The third kappa shape index (κ3) is 5.24. The average Bonchev–Trinajstić information content (AvgIpc) is 2.82. The summed E-state index contributed by atoms with van der Waals surface area (Å²) >= 11 is 6.08. The number of carbonyl (C=O) groups excluding carboxylic acids is 2. The SMILES string of the molecule is O=CC(=O)C1c2ccc(Cl)cc2NCN1CCCCN1CC=C(c2ccccc2)CC1. The lowest BCUT2D eigenvalue weighted by molar-refractivity contribution is -0.133. The molecule has 4 rings (SSSR count). The molecule has 1 unspecified atom stereocenters. The van der Waals surface area contributed by atoms with Crippen LogP contribution < -0.4 is 5.32 Å². The Balaban J connectivity index is 1.28. The van der Waals surface area contributed by atoms with Crippen molar-refractivity contribution in [2.24, 2.45) is 0 Å². The molecule has 0 saturated heterocycles. The van der Waals surface area contributed by atoms with Crippen LogP contribution in [0.2, 0.25) is 5.02 Å². The van der Waals surface area contributed by atoms with E-state index in [9.17, 15) is 9.59 Å². The Morgan fingerprint density at radius 3 is 2.68 bits per heavy atom. The summed E-state index contributed by atoms with van der Waals surface area (Å²) in [6, 6.07) is 15.5. The summed E-state index contributed by atoms with van der Waals surface area (Å²) in [5, 5.41) is 3.94. The molecule has 0 bridgehead atoms. The first-order chi connectivity index (χ1) is 15.2. The Bertz CT molecular complexity index is 960. The van der Waals surface area contributed by atoms with E-state index in [1.54, 1.807) is 6.07 Å². The number of ketones is 1. The van der Waals surface area contributed by atoms with Crippen LogP contribution in [0.15, 0.2) is 54.6 Å². The molecule has 2 aliphatic heterocycles. The fraction of sp³-hybridized carbons (Fsp3) is 0.360. The number of Topliss-reactive ketones (excluding diaryl/α,β-unsaturated/α-hetero) is 1. The van der Waals surface area contributed by atoms with Gasteiger partial charge in [-0.05, 0) is 49.1 Å². The van der Waals surface area contributed by atoms with Crippen molar-refractivity contribution in [2.75, 3.05) is 38.2 Å². The molecule has 0 aromatic heterocycles. The number of rotatable bonds is 8. The summed E-state index contributed by atoms with van der Waals surface area (Å²) in [6.07, 6.45) is 5.88. The van der Waals surface area contributed by atoms with Crippen LogP contribution in [0, 0.1) is 0 Å². The van der Waals surface area contributed by atoms with Crippen molar-refractivity contribution in [3.8, 4) is 0 Å². The summed E-state index contributed by atoms with van der Waals surface area (Å²) in [5.74, 6) is -0.403. The standard InChI is InChI=1S/C25H28ClN3O2/c26-21-8-9-22-23(16-21)27-18-29(25(22)24(31)17-30)13-5-4-12-28-14-10-20(11-15-28)19-6-2-1-3-7-19/h1-3,6-10,16-17,25,27H,4-5,11-15,18H2. The van der Waals surface area contributed by atoms with Crippen molar-refractivity contribution in [2.45, 2.75) is 25.3 Å². The van der Waals surface area contributed by atoms with Gasteiger partial charge >= 0.3 is 0 Å². The van der Waals surface area contributed by atoms with Crippen LogP contribution in [-0.4, -0.2) is 54.7 Å². The molecule has 0 aliphatic carbocycles. The van der Waals surface area contributed by atoms with Crippen molar-refractivity contribution in [3.63, 3.8) is 0 Å². The number of carbonyl (C=O) groups is 2. The van der Waals surface area contributed by atoms with E-state index >= 15 is 0 Å². The Morgan fingerprint density at radius 2 is 1.94 bits per heavy atom. The lowest BCUT2D eigenvalue weighted by Crippen LogP contribution is -2.42. The fourth-order valence-corrected chi connectivity index (χ4v) is 4.65. The molecule has 31 heavy (non-hydrogen) atoms. The highest BCUT2D eigenvalue weighted by molar-refractivity contribution is 6.31. The predicted molar refractivity (Wildman–Crippen MR) is 125 cm³/mol. The first-order valence-corrected chi connectivity index (χ1v) is 11.3. The Morgan fingerprint density at radius 1 is 1.13 bits per heavy atom. The quantitative estimate of drug-likeness (QED) is 0.377. The number of benzene rings is 2. The van der Waals surface area contributed by atoms with Crippen LogP contribution >= 0.6 is 11.6 Å². The predicted octanol–water partition coefficient (Wildman–Crippen LogP) is 4.40. The zero-order valence-electron chi connectivity index (χ0n) is 17.6. The van der Waals surface area contributed by atoms with E-state index in [0.29, 0.717) is 18.0 Å². The molecule has 1 atom stereocenters.